The number of ether oxygens (including phenoxy) is 1. The first-order valence-electron chi connectivity index (χ1n) is 5.04. The predicted molar refractivity (Wildman–Crippen MR) is 56.5 cm³/mol. The lowest BCUT2D eigenvalue weighted by atomic mass is 10.1. The van der Waals surface area contributed by atoms with Crippen LogP contribution in [-0.4, -0.2) is 34.4 Å². The number of aromatic amines is 1. The Morgan fingerprint density at radius 3 is 2.94 bits per heavy atom. The van der Waals surface area contributed by atoms with Crippen LogP contribution < -0.4 is 5.73 Å². The second-order valence-corrected chi connectivity index (χ2v) is 3.34. The number of nitrogens with two attached hydrogens (primary N) is 1. The number of esters is 1. The number of nitrogens with zero attached hydrogens (tertiary/aromatic N) is 1. The largest absolute Gasteiger partial charge is 0.466 e. The van der Waals surface area contributed by atoms with Crippen LogP contribution in [0.25, 0.3) is 0 Å². The molecule has 0 aliphatic carbocycles. The van der Waals surface area contributed by atoms with Crippen molar-refractivity contribution in [1.82, 2.24) is 9.97 Å². The lowest BCUT2D eigenvalue weighted by Crippen LogP contribution is -2.34. The van der Waals surface area contributed by atoms with Crippen LogP contribution in [0.1, 0.15) is 19.0 Å². The van der Waals surface area contributed by atoms with E-state index in [2.05, 4.69) is 14.7 Å². The van der Waals surface area contributed by atoms with Crippen LogP contribution in [0.4, 0.5) is 0 Å². The summed E-state index contributed by atoms with van der Waals surface area (Å²) < 4.78 is 4.66. The fourth-order valence-corrected chi connectivity index (χ4v) is 1.23. The zero-order valence-corrected chi connectivity index (χ0v) is 9.10. The van der Waals surface area contributed by atoms with E-state index >= 15 is 0 Å². The molecule has 16 heavy (non-hydrogen) atoms. The molecule has 0 spiro atoms. The minimum Gasteiger partial charge on any atom is -0.466 e. The van der Waals surface area contributed by atoms with E-state index in [1.807, 2.05) is 0 Å². The second-order valence-electron chi connectivity index (χ2n) is 3.34. The standard InChI is InChI=1S/C10H15N3O3/c1-2-16-10(15)4-9(14)8(11)3-7-5-12-6-13-7/h5-6,8H,2-4,11H2,1H3,(H,12,13)/t8-/m0/s1. The Labute approximate surface area is 93.2 Å². The van der Waals surface area contributed by atoms with Gasteiger partial charge in [0.05, 0.1) is 19.0 Å². The van der Waals surface area contributed by atoms with Crippen molar-refractivity contribution in [3.8, 4) is 0 Å². The van der Waals surface area contributed by atoms with Crippen molar-refractivity contribution in [3.63, 3.8) is 0 Å². The Balaban J connectivity index is 2.39. The first-order valence-corrected chi connectivity index (χ1v) is 5.04. The molecule has 1 heterocycles. The molecule has 0 aliphatic heterocycles. The molecule has 6 nitrogen and oxygen atoms in total. The van der Waals surface area contributed by atoms with Crippen LogP contribution in [0.15, 0.2) is 12.5 Å². The molecule has 0 amide bonds. The first kappa shape index (κ1) is 12.4. The number of imidazole rings is 1. The molecule has 0 bridgehead atoms. The van der Waals surface area contributed by atoms with Gasteiger partial charge < -0.3 is 15.5 Å². The molecule has 0 unspecified atom stereocenters. The summed E-state index contributed by atoms with van der Waals surface area (Å²) in [5, 5.41) is 0. The van der Waals surface area contributed by atoms with E-state index in [4.69, 9.17) is 5.73 Å². The highest BCUT2D eigenvalue weighted by Crippen LogP contribution is 2.00. The average molecular weight is 225 g/mol. The van der Waals surface area contributed by atoms with Gasteiger partial charge in [-0.25, -0.2) is 4.98 Å². The number of carbonyl (C=O) groups excluding carboxylic acids is 2. The van der Waals surface area contributed by atoms with E-state index in [0.29, 0.717) is 6.42 Å². The summed E-state index contributed by atoms with van der Waals surface area (Å²) in [6.45, 7) is 1.95. The van der Waals surface area contributed by atoms with E-state index in [9.17, 15) is 9.59 Å². The van der Waals surface area contributed by atoms with Crippen LogP contribution in [0, 0.1) is 0 Å². The molecule has 1 rings (SSSR count). The van der Waals surface area contributed by atoms with Gasteiger partial charge >= 0.3 is 5.97 Å². The zero-order valence-electron chi connectivity index (χ0n) is 9.10. The molecule has 3 N–H and O–H groups in total. The number of ketones is 1. The van der Waals surface area contributed by atoms with Crippen molar-refractivity contribution < 1.29 is 14.3 Å². The van der Waals surface area contributed by atoms with Crippen molar-refractivity contribution in [1.29, 1.82) is 0 Å². The van der Waals surface area contributed by atoms with Gasteiger partial charge in [-0.2, -0.15) is 0 Å². The minimum absolute atomic E-state index is 0.266. The lowest BCUT2D eigenvalue weighted by Gasteiger charge is -2.08. The third-order valence-electron chi connectivity index (χ3n) is 2.03. The van der Waals surface area contributed by atoms with Crippen molar-refractivity contribution >= 4 is 11.8 Å². The average Bonchev–Trinajstić information content (AvgIpc) is 2.70. The van der Waals surface area contributed by atoms with Gasteiger partial charge in [-0.1, -0.05) is 0 Å². The van der Waals surface area contributed by atoms with Crippen molar-refractivity contribution in [2.45, 2.75) is 25.8 Å². The van der Waals surface area contributed by atoms with Gasteiger partial charge in [0.25, 0.3) is 0 Å². The fourth-order valence-electron chi connectivity index (χ4n) is 1.23. The summed E-state index contributed by atoms with van der Waals surface area (Å²) in [6, 6.07) is -0.704. The summed E-state index contributed by atoms with van der Waals surface area (Å²) in [5.41, 5.74) is 6.42. The monoisotopic (exact) mass is 225 g/mol. The second kappa shape index (κ2) is 6.02. The number of hydrogen-bond acceptors (Lipinski definition) is 5. The number of nitrogens with one attached hydrogen (secondary N) is 1. The molecule has 0 saturated carbocycles. The highest BCUT2D eigenvalue weighted by molar-refractivity contribution is 5.98. The molecule has 0 fully saturated rings. The highest BCUT2D eigenvalue weighted by Gasteiger charge is 2.18. The van der Waals surface area contributed by atoms with Gasteiger partial charge in [-0.05, 0) is 6.92 Å². The van der Waals surface area contributed by atoms with Gasteiger partial charge in [0, 0.05) is 18.3 Å². The third kappa shape index (κ3) is 3.82. The van der Waals surface area contributed by atoms with E-state index in [0.717, 1.165) is 5.69 Å². The van der Waals surface area contributed by atoms with Crippen LogP contribution >= 0.6 is 0 Å². The van der Waals surface area contributed by atoms with Crippen LogP contribution in [0.3, 0.4) is 0 Å². The number of carbonyl (C=O) groups is 2. The van der Waals surface area contributed by atoms with E-state index in [1.54, 1.807) is 13.1 Å². The maximum absolute atomic E-state index is 11.5. The molecule has 1 aromatic heterocycles. The smallest absolute Gasteiger partial charge is 0.313 e. The minimum atomic E-state index is -0.704. The molecule has 0 saturated heterocycles. The molecule has 0 radical (unpaired) electrons. The zero-order chi connectivity index (χ0) is 12.0. The summed E-state index contributed by atoms with van der Waals surface area (Å²) in [6.07, 6.45) is 3.18. The van der Waals surface area contributed by atoms with Gasteiger partial charge in [0.15, 0.2) is 5.78 Å². The Kier molecular flexibility index (Phi) is 4.65. The van der Waals surface area contributed by atoms with Gasteiger partial charge in [-0.3, -0.25) is 9.59 Å². The SMILES string of the molecule is CCOC(=O)CC(=O)[C@@H](N)Cc1cnc[nH]1. The Bertz CT molecular complexity index is 348. The lowest BCUT2D eigenvalue weighted by molar-refractivity contribution is -0.145. The quantitative estimate of drug-likeness (QED) is 0.516. The van der Waals surface area contributed by atoms with Crippen molar-refractivity contribution in [2.75, 3.05) is 6.61 Å². The summed E-state index contributed by atoms with van der Waals surface area (Å²) in [7, 11) is 0. The van der Waals surface area contributed by atoms with Gasteiger partial charge in [-0.15, -0.1) is 0 Å². The molecule has 1 aromatic rings. The summed E-state index contributed by atoms with van der Waals surface area (Å²) in [4.78, 5) is 29.2. The van der Waals surface area contributed by atoms with E-state index in [-0.39, 0.29) is 18.8 Å². The highest BCUT2D eigenvalue weighted by atomic mass is 16.5. The molecule has 1 atom stereocenters. The molecule has 0 aliphatic rings. The van der Waals surface area contributed by atoms with Gasteiger partial charge in [0.2, 0.25) is 0 Å². The maximum Gasteiger partial charge on any atom is 0.313 e. The Hall–Kier alpha value is -1.69. The molecular formula is C10H15N3O3. The van der Waals surface area contributed by atoms with Crippen LogP contribution in [0.2, 0.25) is 0 Å². The Morgan fingerprint density at radius 2 is 2.38 bits per heavy atom. The van der Waals surface area contributed by atoms with Crippen LogP contribution in [-0.2, 0) is 20.7 Å². The molecular weight excluding hydrogens is 210 g/mol. The maximum atomic E-state index is 11.5. The summed E-state index contributed by atoms with van der Waals surface area (Å²) in [5.74, 6) is -0.861. The van der Waals surface area contributed by atoms with E-state index in [1.165, 1.54) is 6.33 Å². The topological polar surface area (TPSA) is 98.1 Å². The third-order valence-corrected chi connectivity index (χ3v) is 2.03. The van der Waals surface area contributed by atoms with E-state index < -0.39 is 12.0 Å². The van der Waals surface area contributed by atoms with Crippen LogP contribution in [0.5, 0.6) is 0 Å². The normalized spacial score (nSPS) is 12.1. The van der Waals surface area contributed by atoms with Crippen molar-refractivity contribution in [2.24, 2.45) is 5.73 Å². The van der Waals surface area contributed by atoms with Gasteiger partial charge in [0.1, 0.15) is 6.42 Å². The summed E-state index contributed by atoms with van der Waals surface area (Å²) >= 11 is 0. The number of hydrogen-bond donors (Lipinski definition) is 2. The number of rotatable bonds is 6. The number of aromatic nitrogens is 2. The Morgan fingerprint density at radius 1 is 1.62 bits per heavy atom. The number of H-pyrrole nitrogens is 1. The molecule has 6 heteroatoms. The predicted octanol–water partition coefficient (Wildman–Crippen LogP) is -0.198. The van der Waals surface area contributed by atoms with Crippen molar-refractivity contribution in [3.05, 3.63) is 18.2 Å². The first-order chi connectivity index (χ1) is 7.63. The molecule has 88 valence electrons. The molecule has 0 aromatic carbocycles. The number of Topliss-reactive ketones (excluding diaryl/α,β-unsaturated/α-hetero) is 1. The fraction of sp³-hybridized carbons (Fsp3) is 0.500.